The maximum Gasteiger partial charge on any atom is 0.313 e. The van der Waals surface area contributed by atoms with Crippen molar-refractivity contribution in [2.75, 3.05) is 6.61 Å². The van der Waals surface area contributed by atoms with Crippen molar-refractivity contribution in [1.29, 1.82) is 0 Å². The number of ether oxygens (including phenoxy) is 1. The lowest BCUT2D eigenvalue weighted by atomic mass is 9.98. The van der Waals surface area contributed by atoms with Crippen LogP contribution in [-0.2, 0) is 9.53 Å². The Morgan fingerprint density at radius 2 is 1.95 bits per heavy atom. The van der Waals surface area contributed by atoms with E-state index in [9.17, 15) is 9.59 Å². The first-order chi connectivity index (χ1) is 10.1. The smallest absolute Gasteiger partial charge is 0.313 e. The number of rotatable bonds is 6. The minimum atomic E-state index is -0.345. The third kappa shape index (κ3) is 3.79. The van der Waals surface area contributed by atoms with Crippen LogP contribution in [0.3, 0.4) is 0 Å². The summed E-state index contributed by atoms with van der Waals surface area (Å²) in [7, 11) is 0. The standard InChI is InChI=1S/C17H17O3S/c1-3-10-20-17(19)12(2)13-6-8-14(9-7-13)16(18)15-5-4-11-21-15/h4-9,11-12H,1,3,10H2,2H3. The minimum absolute atomic E-state index is 0.00355. The minimum Gasteiger partial charge on any atom is -0.465 e. The van der Waals surface area contributed by atoms with Crippen molar-refractivity contribution in [3.63, 3.8) is 0 Å². The molecule has 0 saturated carbocycles. The fraction of sp³-hybridized carbons (Fsp3) is 0.235. The fourth-order valence-corrected chi connectivity index (χ4v) is 2.59. The Morgan fingerprint density at radius 3 is 2.52 bits per heavy atom. The van der Waals surface area contributed by atoms with Gasteiger partial charge in [0.2, 0.25) is 5.78 Å². The Hall–Kier alpha value is -1.94. The molecule has 0 bridgehead atoms. The summed E-state index contributed by atoms with van der Waals surface area (Å²) in [6.07, 6.45) is 0.562. The van der Waals surface area contributed by atoms with Crippen LogP contribution in [0.2, 0.25) is 0 Å². The maximum absolute atomic E-state index is 12.2. The number of benzene rings is 1. The van der Waals surface area contributed by atoms with Gasteiger partial charge in [0, 0.05) is 5.56 Å². The molecular formula is C17H17O3S. The number of carbonyl (C=O) groups excluding carboxylic acids is 2. The second-order valence-electron chi connectivity index (χ2n) is 4.67. The summed E-state index contributed by atoms with van der Waals surface area (Å²) in [5, 5.41) is 1.88. The van der Waals surface area contributed by atoms with Crippen molar-refractivity contribution in [2.45, 2.75) is 19.3 Å². The van der Waals surface area contributed by atoms with E-state index in [2.05, 4.69) is 6.92 Å². The predicted molar refractivity (Wildman–Crippen MR) is 83.5 cm³/mol. The van der Waals surface area contributed by atoms with Crippen LogP contribution in [0.25, 0.3) is 0 Å². The number of esters is 1. The van der Waals surface area contributed by atoms with Crippen LogP contribution >= 0.6 is 11.3 Å². The van der Waals surface area contributed by atoms with Crippen LogP contribution < -0.4 is 0 Å². The van der Waals surface area contributed by atoms with Crippen LogP contribution in [0.5, 0.6) is 0 Å². The van der Waals surface area contributed by atoms with E-state index in [1.807, 2.05) is 11.4 Å². The lowest BCUT2D eigenvalue weighted by molar-refractivity contribution is -0.144. The molecule has 1 heterocycles. The summed E-state index contributed by atoms with van der Waals surface area (Å²) in [5.74, 6) is -0.609. The van der Waals surface area contributed by atoms with E-state index in [0.717, 1.165) is 5.56 Å². The highest BCUT2D eigenvalue weighted by Gasteiger charge is 2.17. The molecule has 0 aliphatic carbocycles. The van der Waals surface area contributed by atoms with Gasteiger partial charge in [-0.15, -0.1) is 11.3 Å². The van der Waals surface area contributed by atoms with E-state index in [1.165, 1.54) is 11.3 Å². The second-order valence-corrected chi connectivity index (χ2v) is 5.62. The van der Waals surface area contributed by atoms with Crippen molar-refractivity contribution in [2.24, 2.45) is 0 Å². The topological polar surface area (TPSA) is 43.4 Å². The number of hydrogen-bond donors (Lipinski definition) is 0. The average molecular weight is 301 g/mol. The first kappa shape index (κ1) is 15.4. The van der Waals surface area contributed by atoms with Crippen LogP contribution in [-0.4, -0.2) is 18.4 Å². The van der Waals surface area contributed by atoms with Gasteiger partial charge in [-0.3, -0.25) is 9.59 Å². The molecule has 21 heavy (non-hydrogen) atoms. The summed E-state index contributed by atoms with van der Waals surface area (Å²) < 4.78 is 5.08. The molecular weight excluding hydrogens is 284 g/mol. The summed E-state index contributed by atoms with van der Waals surface area (Å²) in [4.78, 5) is 24.7. The Labute approximate surface area is 128 Å². The van der Waals surface area contributed by atoms with Gasteiger partial charge >= 0.3 is 5.97 Å². The van der Waals surface area contributed by atoms with Gasteiger partial charge in [0.15, 0.2) is 0 Å². The summed E-state index contributed by atoms with van der Waals surface area (Å²) in [6.45, 7) is 5.76. The summed E-state index contributed by atoms with van der Waals surface area (Å²) in [5.41, 5.74) is 1.46. The van der Waals surface area contributed by atoms with Gasteiger partial charge in [-0.25, -0.2) is 0 Å². The zero-order valence-corrected chi connectivity index (χ0v) is 12.7. The Bertz CT molecular complexity index is 599. The highest BCUT2D eigenvalue weighted by atomic mass is 32.1. The normalized spacial score (nSPS) is 11.9. The van der Waals surface area contributed by atoms with Gasteiger partial charge in [-0.2, -0.15) is 0 Å². The molecule has 0 fully saturated rings. The van der Waals surface area contributed by atoms with E-state index >= 15 is 0 Å². The summed E-state index contributed by atoms with van der Waals surface area (Å²) >= 11 is 1.42. The molecule has 1 unspecified atom stereocenters. The molecule has 1 aromatic carbocycles. The molecule has 0 saturated heterocycles. The molecule has 1 atom stereocenters. The van der Waals surface area contributed by atoms with Crippen molar-refractivity contribution < 1.29 is 14.3 Å². The molecule has 2 aromatic rings. The number of hydrogen-bond acceptors (Lipinski definition) is 4. The van der Waals surface area contributed by atoms with Crippen molar-refractivity contribution in [3.05, 3.63) is 64.7 Å². The third-order valence-electron chi connectivity index (χ3n) is 3.16. The predicted octanol–water partition coefficient (Wildman–Crippen LogP) is 3.85. The zero-order valence-electron chi connectivity index (χ0n) is 11.9. The van der Waals surface area contributed by atoms with Gasteiger partial charge < -0.3 is 4.74 Å². The Kier molecular flexibility index (Phi) is 5.28. The lowest BCUT2D eigenvalue weighted by Crippen LogP contribution is -2.13. The molecule has 2 rings (SSSR count). The summed E-state index contributed by atoms with van der Waals surface area (Å²) in [6, 6.07) is 10.8. The number of carbonyl (C=O) groups is 2. The highest BCUT2D eigenvalue weighted by molar-refractivity contribution is 7.12. The highest BCUT2D eigenvalue weighted by Crippen LogP contribution is 2.20. The van der Waals surface area contributed by atoms with E-state index in [1.54, 1.807) is 37.3 Å². The van der Waals surface area contributed by atoms with Gasteiger partial charge in [-0.05, 0) is 37.3 Å². The fourth-order valence-electron chi connectivity index (χ4n) is 1.91. The SMILES string of the molecule is [CH2]CCOC(=O)C(C)c1ccc(C(=O)c2cccs2)cc1. The molecule has 1 aromatic heterocycles. The van der Waals surface area contributed by atoms with Crippen LogP contribution in [0, 0.1) is 6.92 Å². The molecule has 4 heteroatoms. The quantitative estimate of drug-likeness (QED) is 0.601. The van der Waals surface area contributed by atoms with Crippen LogP contribution in [0.15, 0.2) is 41.8 Å². The molecule has 0 amide bonds. The third-order valence-corrected chi connectivity index (χ3v) is 4.03. The molecule has 0 aliphatic heterocycles. The van der Waals surface area contributed by atoms with Crippen molar-refractivity contribution >= 4 is 23.1 Å². The second kappa shape index (κ2) is 7.18. The molecule has 3 nitrogen and oxygen atoms in total. The monoisotopic (exact) mass is 301 g/mol. The van der Waals surface area contributed by atoms with Crippen LogP contribution in [0.4, 0.5) is 0 Å². The molecule has 0 spiro atoms. The Balaban J connectivity index is 2.08. The van der Waals surface area contributed by atoms with Crippen molar-refractivity contribution in [1.82, 2.24) is 0 Å². The first-order valence-electron chi connectivity index (χ1n) is 6.77. The van der Waals surface area contributed by atoms with Crippen molar-refractivity contribution in [3.8, 4) is 0 Å². The molecule has 1 radical (unpaired) electrons. The Morgan fingerprint density at radius 1 is 1.24 bits per heavy atom. The largest absolute Gasteiger partial charge is 0.465 e. The lowest BCUT2D eigenvalue weighted by Gasteiger charge is -2.11. The van der Waals surface area contributed by atoms with E-state index in [0.29, 0.717) is 23.5 Å². The first-order valence-corrected chi connectivity index (χ1v) is 7.65. The van der Waals surface area contributed by atoms with Gasteiger partial charge in [0.1, 0.15) is 0 Å². The molecule has 109 valence electrons. The molecule has 0 aliphatic rings. The zero-order chi connectivity index (χ0) is 15.2. The van der Waals surface area contributed by atoms with E-state index in [-0.39, 0.29) is 17.7 Å². The maximum atomic E-state index is 12.2. The van der Waals surface area contributed by atoms with Gasteiger partial charge in [-0.1, -0.05) is 30.3 Å². The van der Waals surface area contributed by atoms with Crippen LogP contribution in [0.1, 0.15) is 40.1 Å². The average Bonchev–Trinajstić information content (AvgIpc) is 3.05. The van der Waals surface area contributed by atoms with Gasteiger partial charge in [0.05, 0.1) is 17.4 Å². The number of thiophene rings is 1. The number of ketones is 1. The molecule has 0 N–H and O–H groups in total. The van der Waals surface area contributed by atoms with E-state index < -0.39 is 0 Å². The van der Waals surface area contributed by atoms with E-state index in [4.69, 9.17) is 4.74 Å². The van der Waals surface area contributed by atoms with Gasteiger partial charge in [0.25, 0.3) is 0 Å².